The summed E-state index contributed by atoms with van der Waals surface area (Å²) in [5.74, 6) is 0.792. The van der Waals surface area contributed by atoms with Crippen molar-refractivity contribution in [1.29, 1.82) is 0 Å². The smallest absolute Gasteiger partial charge is 0.187 e. The highest BCUT2D eigenvalue weighted by Gasteiger charge is 1.83. The normalized spacial score (nSPS) is 10.5. The molecule has 0 saturated carbocycles. The molecule has 0 amide bonds. The lowest BCUT2D eigenvalue weighted by atomic mass is 10.5. The van der Waals surface area contributed by atoms with Crippen LogP contribution in [-0.4, -0.2) is 46.2 Å². The van der Waals surface area contributed by atoms with Crippen molar-refractivity contribution < 1.29 is 10.2 Å². The Kier molecular flexibility index (Phi) is 27.9. The number of hydrogen-bond donors (Lipinski definition) is 2. The van der Waals surface area contributed by atoms with Gasteiger partial charge >= 0.3 is 0 Å². The van der Waals surface area contributed by atoms with Gasteiger partial charge in [-0.3, -0.25) is 0 Å². The van der Waals surface area contributed by atoms with E-state index in [1.807, 2.05) is 6.92 Å². The van der Waals surface area contributed by atoms with E-state index in [4.69, 9.17) is 21.8 Å². The zero-order valence-electron chi connectivity index (χ0n) is 5.97. The van der Waals surface area contributed by atoms with Gasteiger partial charge in [0.25, 0.3) is 0 Å². The number of rotatable bonds is 2. The summed E-state index contributed by atoms with van der Waals surface area (Å²) in [5, 5.41) is 16.0. The molecule has 4 heteroatoms. The first-order valence-electron chi connectivity index (χ1n) is 3.03. The summed E-state index contributed by atoms with van der Waals surface area (Å²) >= 11 is 5.19. The summed E-state index contributed by atoms with van der Waals surface area (Å²) in [6, 6.07) is 0. The van der Waals surface area contributed by atoms with E-state index in [-0.39, 0.29) is 24.0 Å². The molecule has 0 fully saturated rings. The lowest BCUT2D eigenvalue weighted by molar-refractivity contribution is 0.110. The maximum atomic E-state index is 8.11. The van der Waals surface area contributed by atoms with Crippen LogP contribution in [0.2, 0.25) is 0 Å². The van der Waals surface area contributed by atoms with Gasteiger partial charge in [-0.2, -0.15) is 0 Å². The standard InChI is InChI=1S/C3H7Cl.C3H8O2.Al.3H/c1-2-3-4;1-3(5)2-4;;;;/h2-3H2,1H3;3-5H,2H2,1H3;;;;. The number of halogens is 1. The molecule has 0 aromatic rings. The third-order valence-corrected chi connectivity index (χ3v) is 0.831. The summed E-state index contributed by atoms with van der Waals surface area (Å²) < 4.78 is 0. The quantitative estimate of drug-likeness (QED) is 0.462. The maximum Gasteiger partial charge on any atom is 0.187 e. The van der Waals surface area contributed by atoms with E-state index < -0.39 is 6.10 Å². The summed E-state index contributed by atoms with van der Waals surface area (Å²) in [6.07, 6.45) is 0.525. The second-order valence-corrected chi connectivity index (χ2v) is 2.10. The molecular formula is C6H18AlClO2. The van der Waals surface area contributed by atoms with Crippen LogP contribution in [0, 0.1) is 0 Å². The number of aliphatic hydroxyl groups excluding tert-OH is 2. The van der Waals surface area contributed by atoms with E-state index in [1.165, 1.54) is 6.92 Å². The van der Waals surface area contributed by atoms with E-state index in [0.29, 0.717) is 0 Å². The lowest BCUT2D eigenvalue weighted by Gasteiger charge is -1.90. The van der Waals surface area contributed by atoms with Gasteiger partial charge in [0.05, 0.1) is 12.7 Å². The van der Waals surface area contributed by atoms with Crippen LogP contribution in [0.15, 0.2) is 0 Å². The Balaban J connectivity index is -0.0000000910. The zero-order valence-corrected chi connectivity index (χ0v) is 6.73. The fourth-order valence-electron chi connectivity index (χ4n) is 0. The number of aliphatic hydroxyl groups is 2. The first-order valence-corrected chi connectivity index (χ1v) is 3.57. The lowest BCUT2D eigenvalue weighted by Crippen LogP contribution is -2.03. The van der Waals surface area contributed by atoms with Gasteiger partial charge in [-0.15, -0.1) is 11.6 Å². The van der Waals surface area contributed by atoms with Crippen LogP contribution in [0.1, 0.15) is 20.3 Å². The predicted molar refractivity (Wildman–Crippen MR) is 49.7 cm³/mol. The largest absolute Gasteiger partial charge is 0.394 e. The van der Waals surface area contributed by atoms with Crippen LogP contribution in [0.5, 0.6) is 0 Å². The minimum atomic E-state index is -0.560. The van der Waals surface area contributed by atoms with Crippen molar-refractivity contribution in [3.8, 4) is 0 Å². The van der Waals surface area contributed by atoms with Crippen LogP contribution >= 0.6 is 11.6 Å². The highest BCUT2D eigenvalue weighted by Crippen LogP contribution is 1.75. The molecule has 0 aromatic heterocycles. The molecule has 0 aromatic carbocycles. The highest BCUT2D eigenvalue weighted by molar-refractivity contribution is 6.17. The van der Waals surface area contributed by atoms with E-state index >= 15 is 0 Å². The molecule has 0 spiro atoms. The average molecular weight is 185 g/mol. The van der Waals surface area contributed by atoms with Gasteiger partial charge in [0, 0.05) is 5.88 Å². The third-order valence-electron chi connectivity index (χ3n) is 0.453. The minimum Gasteiger partial charge on any atom is -0.394 e. The maximum absolute atomic E-state index is 8.11. The monoisotopic (exact) mass is 184 g/mol. The summed E-state index contributed by atoms with van der Waals surface area (Å²) in [7, 11) is 0. The summed E-state index contributed by atoms with van der Waals surface area (Å²) in [6.45, 7) is 3.44. The van der Waals surface area contributed by atoms with Crippen molar-refractivity contribution in [2.75, 3.05) is 12.5 Å². The number of alkyl halides is 1. The van der Waals surface area contributed by atoms with Crippen LogP contribution in [0.3, 0.4) is 0 Å². The highest BCUT2D eigenvalue weighted by atomic mass is 35.5. The van der Waals surface area contributed by atoms with Crippen LogP contribution < -0.4 is 0 Å². The third kappa shape index (κ3) is 37.4. The molecule has 0 heterocycles. The second-order valence-electron chi connectivity index (χ2n) is 1.72. The van der Waals surface area contributed by atoms with Crippen molar-refractivity contribution in [1.82, 2.24) is 0 Å². The Bertz CT molecular complexity index is 42.7. The molecule has 0 aliphatic rings. The van der Waals surface area contributed by atoms with E-state index in [1.54, 1.807) is 0 Å². The average Bonchev–Trinajstić information content (AvgIpc) is 1.89. The van der Waals surface area contributed by atoms with Gasteiger partial charge in [-0.05, 0) is 13.3 Å². The van der Waals surface area contributed by atoms with Crippen molar-refractivity contribution in [2.24, 2.45) is 0 Å². The van der Waals surface area contributed by atoms with Crippen LogP contribution in [0.4, 0.5) is 0 Å². The Morgan fingerprint density at radius 1 is 1.50 bits per heavy atom. The summed E-state index contributed by atoms with van der Waals surface area (Å²) in [4.78, 5) is 0. The van der Waals surface area contributed by atoms with Crippen molar-refractivity contribution in [2.45, 2.75) is 26.4 Å². The molecule has 1 atom stereocenters. The molecule has 2 nitrogen and oxygen atoms in total. The molecule has 0 aliphatic heterocycles. The fraction of sp³-hybridized carbons (Fsp3) is 1.00. The first-order chi connectivity index (χ1) is 4.18. The van der Waals surface area contributed by atoms with Crippen molar-refractivity contribution in [3.63, 3.8) is 0 Å². The van der Waals surface area contributed by atoms with Gasteiger partial charge in [-0.1, -0.05) is 6.92 Å². The molecule has 10 heavy (non-hydrogen) atoms. The molecule has 0 bridgehead atoms. The van der Waals surface area contributed by atoms with E-state index in [9.17, 15) is 0 Å². The SMILES string of the molecule is CC(O)CO.CCCCl.[AlH3]. The first kappa shape index (κ1) is 17.0. The Labute approximate surface area is 78.3 Å². The fourth-order valence-corrected chi connectivity index (χ4v) is 0. The second kappa shape index (κ2) is 16.4. The molecule has 0 saturated heterocycles. The van der Waals surface area contributed by atoms with Crippen molar-refractivity contribution in [3.05, 3.63) is 0 Å². The van der Waals surface area contributed by atoms with Crippen LogP contribution in [-0.2, 0) is 0 Å². The predicted octanol–water partition coefficient (Wildman–Crippen LogP) is -0.189. The Morgan fingerprint density at radius 2 is 1.70 bits per heavy atom. The van der Waals surface area contributed by atoms with Gasteiger partial charge in [-0.25, -0.2) is 0 Å². The molecule has 1 unspecified atom stereocenters. The topological polar surface area (TPSA) is 40.5 Å². The molecule has 64 valence electrons. The van der Waals surface area contributed by atoms with Gasteiger partial charge < -0.3 is 10.2 Å². The molecule has 0 radical (unpaired) electrons. The van der Waals surface area contributed by atoms with Gasteiger partial charge in [0.1, 0.15) is 0 Å². The minimum absolute atomic E-state index is 0. The number of hydrogen-bond acceptors (Lipinski definition) is 2. The van der Waals surface area contributed by atoms with Crippen molar-refractivity contribution >= 4 is 29.0 Å². The Morgan fingerprint density at radius 3 is 1.70 bits per heavy atom. The Hall–Kier alpha value is 0.742. The zero-order chi connectivity index (χ0) is 7.70. The molecule has 0 aliphatic carbocycles. The molecule has 2 N–H and O–H groups in total. The molecular weight excluding hydrogens is 166 g/mol. The molecule has 0 rings (SSSR count). The van der Waals surface area contributed by atoms with E-state index in [0.717, 1.165) is 12.3 Å². The van der Waals surface area contributed by atoms with Crippen LogP contribution in [0.25, 0.3) is 0 Å². The summed E-state index contributed by atoms with van der Waals surface area (Å²) in [5.41, 5.74) is 0. The van der Waals surface area contributed by atoms with E-state index in [2.05, 4.69) is 0 Å². The van der Waals surface area contributed by atoms with Gasteiger partial charge in [0.2, 0.25) is 0 Å². The van der Waals surface area contributed by atoms with Gasteiger partial charge in [0.15, 0.2) is 17.4 Å².